The van der Waals surface area contributed by atoms with E-state index in [0.717, 1.165) is 0 Å². The fraction of sp³-hybridized carbons (Fsp3) is 0.455. The maximum atomic E-state index is 12.0. The predicted molar refractivity (Wildman–Crippen MR) is 67.5 cm³/mol. The molecule has 18 heavy (non-hydrogen) atoms. The molecule has 100 valence electrons. The van der Waals surface area contributed by atoms with Crippen molar-refractivity contribution in [2.45, 2.75) is 11.8 Å². The summed E-state index contributed by atoms with van der Waals surface area (Å²) in [6.45, 7) is 1.74. The predicted octanol–water partition coefficient (Wildman–Crippen LogP) is 1.52. The standard InChI is InChI=1S/C11H14ClNO4S/c1-8(6-12)7-18(15,16)9-3-4-13-10(5-9)11(14)17-2/h3-5,8H,6-7H2,1-2H3. The van der Waals surface area contributed by atoms with Crippen molar-refractivity contribution >= 4 is 27.4 Å². The van der Waals surface area contributed by atoms with E-state index in [1.807, 2.05) is 0 Å². The lowest BCUT2D eigenvalue weighted by molar-refractivity contribution is 0.0593. The summed E-state index contributed by atoms with van der Waals surface area (Å²) >= 11 is 5.60. The normalized spacial score (nSPS) is 13.1. The van der Waals surface area contributed by atoms with E-state index in [1.54, 1.807) is 6.92 Å². The van der Waals surface area contributed by atoms with Gasteiger partial charge in [0.25, 0.3) is 0 Å². The SMILES string of the molecule is COC(=O)c1cc(S(=O)(=O)CC(C)CCl)ccn1. The van der Waals surface area contributed by atoms with Crippen LogP contribution in [0.2, 0.25) is 0 Å². The van der Waals surface area contributed by atoms with Gasteiger partial charge >= 0.3 is 5.97 Å². The number of ether oxygens (including phenoxy) is 1. The second-order valence-corrected chi connectivity index (χ2v) is 6.25. The number of hydrogen-bond acceptors (Lipinski definition) is 5. The van der Waals surface area contributed by atoms with Crippen LogP contribution in [0.25, 0.3) is 0 Å². The Morgan fingerprint density at radius 2 is 2.22 bits per heavy atom. The Bertz CT molecular complexity index is 530. The van der Waals surface area contributed by atoms with Gasteiger partial charge in [-0.1, -0.05) is 6.92 Å². The number of esters is 1. The van der Waals surface area contributed by atoms with Gasteiger partial charge in [-0.15, -0.1) is 11.6 Å². The molecule has 1 rings (SSSR count). The fourth-order valence-electron chi connectivity index (χ4n) is 1.34. The monoisotopic (exact) mass is 291 g/mol. The lowest BCUT2D eigenvalue weighted by Gasteiger charge is -2.09. The van der Waals surface area contributed by atoms with Crippen molar-refractivity contribution < 1.29 is 17.9 Å². The van der Waals surface area contributed by atoms with E-state index in [0.29, 0.717) is 0 Å². The van der Waals surface area contributed by atoms with Gasteiger partial charge < -0.3 is 4.74 Å². The van der Waals surface area contributed by atoms with Crippen LogP contribution in [0.15, 0.2) is 23.2 Å². The molecule has 0 bridgehead atoms. The second-order valence-electron chi connectivity index (χ2n) is 3.91. The van der Waals surface area contributed by atoms with Crippen molar-refractivity contribution in [2.75, 3.05) is 18.7 Å². The summed E-state index contributed by atoms with van der Waals surface area (Å²) in [4.78, 5) is 15.1. The lowest BCUT2D eigenvalue weighted by atomic mass is 10.3. The molecule has 7 heteroatoms. The molecule has 0 radical (unpaired) electrons. The summed E-state index contributed by atoms with van der Waals surface area (Å²) in [5.41, 5.74) is -0.0305. The fourth-order valence-corrected chi connectivity index (χ4v) is 3.19. The number of aromatic nitrogens is 1. The van der Waals surface area contributed by atoms with Gasteiger partial charge in [-0.25, -0.2) is 18.2 Å². The average Bonchev–Trinajstić information content (AvgIpc) is 2.37. The van der Waals surface area contributed by atoms with Crippen molar-refractivity contribution in [1.29, 1.82) is 0 Å². The van der Waals surface area contributed by atoms with E-state index in [4.69, 9.17) is 11.6 Å². The first-order chi connectivity index (χ1) is 8.40. The van der Waals surface area contributed by atoms with Gasteiger partial charge in [0.1, 0.15) is 5.69 Å². The number of methoxy groups -OCH3 is 1. The number of rotatable bonds is 5. The van der Waals surface area contributed by atoms with Crippen LogP contribution >= 0.6 is 11.6 Å². The first-order valence-electron chi connectivity index (χ1n) is 5.23. The molecular formula is C11H14ClNO4S. The lowest BCUT2D eigenvalue weighted by Crippen LogP contribution is -2.16. The first kappa shape index (κ1) is 14.9. The molecule has 1 heterocycles. The maximum absolute atomic E-state index is 12.0. The number of carbonyl (C=O) groups excluding carboxylic acids is 1. The molecule has 0 aliphatic rings. The third-order valence-corrected chi connectivity index (χ3v) is 4.76. The highest BCUT2D eigenvalue weighted by molar-refractivity contribution is 7.91. The van der Waals surface area contributed by atoms with Crippen LogP contribution in [-0.2, 0) is 14.6 Å². The minimum Gasteiger partial charge on any atom is -0.464 e. The Morgan fingerprint density at radius 1 is 1.56 bits per heavy atom. The van der Waals surface area contributed by atoms with Crippen LogP contribution in [0.3, 0.4) is 0 Å². The van der Waals surface area contributed by atoms with Crippen LogP contribution in [-0.4, -0.2) is 38.1 Å². The maximum Gasteiger partial charge on any atom is 0.356 e. The number of sulfone groups is 1. The molecule has 0 aromatic carbocycles. The Kier molecular flexibility index (Phi) is 5.10. The molecular weight excluding hydrogens is 278 g/mol. The molecule has 0 spiro atoms. The van der Waals surface area contributed by atoms with E-state index in [1.165, 1.54) is 25.4 Å². The highest BCUT2D eigenvalue weighted by atomic mass is 35.5. The molecule has 0 N–H and O–H groups in total. The van der Waals surface area contributed by atoms with Crippen molar-refractivity contribution in [1.82, 2.24) is 4.98 Å². The minimum atomic E-state index is -3.47. The molecule has 1 aromatic heterocycles. The Morgan fingerprint density at radius 3 is 2.78 bits per heavy atom. The van der Waals surface area contributed by atoms with Gasteiger partial charge in [-0.05, 0) is 18.1 Å². The Labute approximate surface area is 111 Å². The largest absolute Gasteiger partial charge is 0.464 e. The van der Waals surface area contributed by atoms with E-state index in [-0.39, 0.29) is 28.1 Å². The molecule has 0 saturated carbocycles. The van der Waals surface area contributed by atoms with Crippen molar-refractivity contribution in [3.8, 4) is 0 Å². The first-order valence-corrected chi connectivity index (χ1v) is 7.42. The van der Waals surface area contributed by atoms with Gasteiger partial charge in [0, 0.05) is 12.1 Å². The molecule has 0 saturated heterocycles. The number of nitrogens with zero attached hydrogens (tertiary/aromatic N) is 1. The molecule has 1 atom stereocenters. The zero-order valence-corrected chi connectivity index (χ0v) is 11.7. The van der Waals surface area contributed by atoms with Gasteiger partial charge in [-0.2, -0.15) is 0 Å². The summed E-state index contributed by atoms with van der Waals surface area (Å²) in [5.74, 6) is -0.640. The second kappa shape index (κ2) is 6.15. The minimum absolute atomic E-state index is 0.0305. The zero-order chi connectivity index (χ0) is 13.8. The smallest absolute Gasteiger partial charge is 0.356 e. The topological polar surface area (TPSA) is 73.3 Å². The highest BCUT2D eigenvalue weighted by Crippen LogP contribution is 2.15. The molecule has 1 unspecified atom stereocenters. The molecule has 0 fully saturated rings. The van der Waals surface area contributed by atoms with Gasteiger partial charge in [0.05, 0.1) is 17.8 Å². The van der Waals surface area contributed by atoms with Gasteiger partial charge in [0.15, 0.2) is 9.84 Å². The van der Waals surface area contributed by atoms with Crippen LogP contribution < -0.4 is 0 Å². The third kappa shape index (κ3) is 3.68. The molecule has 0 amide bonds. The van der Waals surface area contributed by atoms with E-state index < -0.39 is 15.8 Å². The molecule has 0 aliphatic carbocycles. The number of pyridine rings is 1. The number of carbonyl (C=O) groups is 1. The highest BCUT2D eigenvalue weighted by Gasteiger charge is 2.20. The van der Waals surface area contributed by atoms with Crippen molar-refractivity contribution in [3.05, 3.63) is 24.0 Å². The number of alkyl halides is 1. The van der Waals surface area contributed by atoms with E-state index in [2.05, 4.69) is 9.72 Å². The summed E-state index contributed by atoms with van der Waals surface area (Å²) < 4.78 is 28.5. The summed E-state index contributed by atoms with van der Waals surface area (Å²) in [5, 5.41) is 0. The van der Waals surface area contributed by atoms with Crippen LogP contribution in [0.4, 0.5) is 0 Å². The third-order valence-electron chi connectivity index (χ3n) is 2.25. The van der Waals surface area contributed by atoms with Crippen LogP contribution in [0.5, 0.6) is 0 Å². The Balaban J connectivity index is 3.06. The number of halogens is 1. The number of hydrogen-bond donors (Lipinski definition) is 0. The van der Waals surface area contributed by atoms with Crippen molar-refractivity contribution in [3.63, 3.8) is 0 Å². The molecule has 5 nitrogen and oxygen atoms in total. The summed E-state index contributed by atoms with van der Waals surface area (Å²) in [7, 11) is -2.26. The van der Waals surface area contributed by atoms with Crippen LogP contribution in [0, 0.1) is 5.92 Å². The quantitative estimate of drug-likeness (QED) is 0.607. The average molecular weight is 292 g/mol. The van der Waals surface area contributed by atoms with E-state index in [9.17, 15) is 13.2 Å². The Hall–Kier alpha value is -1.14. The molecule has 1 aromatic rings. The summed E-state index contributed by atoms with van der Waals surface area (Å²) in [6, 6.07) is 2.56. The molecule has 0 aliphatic heterocycles. The van der Waals surface area contributed by atoms with Gasteiger partial charge in [0.2, 0.25) is 0 Å². The van der Waals surface area contributed by atoms with Crippen molar-refractivity contribution in [2.24, 2.45) is 5.92 Å². The zero-order valence-electron chi connectivity index (χ0n) is 10.1. The summed E-state index contributed by atoms with van der Waals surface area (Å²) in [6.07, 6.45) is 1.27. The van der Waals surface area contributed by atoms with Crippen LogP contribution in [0.1, 0.15) is 17.4 Å². The van der Waals surface area contributed by atoms with Gasteiger partial charge in [-0.3, -0.25) is 0 Å². The van der Waals surface area contributed by atoms with E-state index >= 15 is 0 Å².